The summed E-state index contributed by atoms with van der Waals surface area (Å²) in [6.45, 7) is 1.90. The lowest BCUT2D eigenvalue weighted by molar-refractivity contribution is -0.148. The third kappa shape index (κ3) is 1.97. The Labute approximate surface area is 73.5 Å². The van der Waals surface area contributed by atoms with Crippen molar-refractivity contribution in [2.45, 2.75) is 31.7 Å². The molecule has 0 heterocycles. The second kappa shape index (κ2) is 3.44. The van der Waals surface area contributed by atoms with Gasteiger partial charge in [0.2, 0.25) is 0 Å². The number of carbonyl (C=O) groups is 1. The molecule has 1 aliphatic rings. The first-order valence-corrected chi connectivity index (χ1v) is 4.39. The van der Waals surface area contributed by atoms with Gasteiger partial charge in [0.1, 0.15) is 5.54 Å². The van der Waals surface area contributed by atoms with Crippen LogP contribution in [-0.2, 0) is 9.53 Å². The average Bonchev–Trinajstić information content (AvgIpc) is 2.86. The Balaban J connectivity index is 2.52. The summed E-state index contributed by atoms with van der Waals surface area (Å²) in [4.78, 5) is 11.3. The van der Waals surface area contributed by atoms with E-state index in [2.05, 4.69) is 5.32 Å². The average molecular weight is 171 g/mol. The van der Waals surface area contributed by atoms with E-state index < -0.39 is 5.54 Å². The molecule has 0 aliphatic heterocycles. The van der Waals surface area contributed by atoms with Gasteiger partial charge in [-0.05, 0) is 26.3 Å². The Morgan fingerprint density at radius 3 is 2.58 bits per heavy atom. The van der Waals surface area contributed by atoms with E-state index in [1.165, 1.54) is 20.0 Å². The number of methoxy groups -OCH3 is 1. The van der Waals surface area contributed by atoms with Crippen molar-refractivity contribution in [3.63, 3.8) is 0 Å². The van der Waals surface area contributed by atoms with Crippen LogP contribution in [0.2, 0.25) is 0 Å². The summed E-state index contributed by atoms with van der Waals surface area (Å²) >= 11 is 0. The molecule has 3 nitrogen and oxygen atoms in total. The maximum Gasteiger partial charge on any atom is 0.325 e. The van der Waals surface area contributed by atoms with Crippen LogP contribution in [0.3, 0.4) is 0 Å². The van der Waals surface area contributed by atoms with Crippen molar-refractivity contribution in [1.82, 2.24) is 5.32 Å². The summed E-state index contributed by atoms with van der Waals surface area (Å²) in [5.74, 6) is 0.568. The zero-order valence-electron chi connectivity index (χ0n) is 8.02. The zero-order valence-corrected chi connectivity index (χ0v) is 8.02. The second-order valence-electron chi connectivity index (χ2n) is 3.72. The van der Waals surface area contributed by atoms with E-state index in [0.29, 0.717) is 0 Å². The Kier molecular flexibility index (Phi) is 2.73. The molecule has 1 fully saturated rings. The van der Waals surface area contributed by atoms with E-state index in [1.807, 2.05) is 6.92 Å². The van der Waals surface area contributed by atoms with Gasteiger partial charge in [0, 0.05) is 0 Å². The van der Waals surface area contributed by atoms with Crippen LogP contribution >= 0.6 is 0 Å². The smallest absolute Gasteiger partial charge is 0.325 e. The number of nitrogens with one attached hydrogen (secondary N) is 1. The summed E-state index contributed by atoms with van der Waals surface area (Å²) < 4.78 is 4.73. The highest BCUT2D eigenvalue weighted by Crippen LogP contribution is 2.36. The lowest BCUT2D eigenvalue weighted by atomic mass is 9.95. The molecular formula is C9H17NO2. The van der Waals surface area contributed by atoms with Crippen molar-refractivity contribution in [3.8, 4) is 0 Å². The maximum atomic E-state index is 11.3. The van der Waals surface area contributed by atoms with E-state index in [9.17, 15) is 4.79 Å². The molecule has 70 valence electrons. The van der Waals surface area contributed by atoms with Gasteiger partial charge < -0.3 is 10.1 Å². The van der Waals surface area contributed by atoms with E-state index in [1.54, 1.807) is 7.05 Å². The highest BCUT2D eigenvalue weighted by molar-refractivity contribution is 5.80. The number of ether oxygens (including phenoxy) is 1. The molecule has 12 heavy (non-hydrogen) atoms. The Morgan fingerprint density at radius 2 is 2.25 bits per heavy atom. The fraction of sp³-hybridized carbons (Fsp3) is 0.889. The molecule has 0 radical (unpaired) electrons. The Hall–Kier alpha value is -0.570. The molecule has 0 amide bonds. The van der Waals surface area contributed by atoms with Crippen LogP contribution in [0.5, 0.6) is 0 Å². The van der Waals surface area contributed by atoms with Gasteiger partial charge in [0.15, 0.2) is 0 Å². The lowest BCUT2D eigenvalue weighted by Gasteiger charge is -2.25. The van der Waals surface area contributed by atoms with Crippen molar-refractivity contribution in [3.05, 3.63) is 0 Å². The fourth-order valence-corrected chi connectivity index (χ4v) is 1.41. The normalized spacial score (nSPS) is 21.6. The van der Waals surface area contributed by atoms with Gasteiger partial charge in [-0.2, -0.15) is 0 Å². The fourth-order valence-electron chi connectivity index (χ4n) is 1.41. The summed E-state index contributed by atoms with van der Waals surface area (Å²) in [5.41, 5.74) is -0.476. The van der Waals surface area contributed by atoms with Crippen LogP contribution in [0, 0.1) is 5.92 Å². The summed E-state index contributed by atoms with van der Waals surface area (Å²) in [7, 11) is 3.24. The number of carbonyl (C=O) groups excluding carboxylic acids is 1. The molecule has 0 aromatic heterocycles. The van der Waals surface area contributed by atoms with Crippen molar-refractivity contribution in [1.29, 1.82) is 0 Å². The third-order valence-corrected chi connectivity index (χ3v) is 2.58. The van der Waals surface area contributed by atoms with E-state index in [0.717, 1.165) is 12.3 Å². The van der Waals surface area contributed by atoms with E-state index in [-0.39, 0.29) is 5.97 Å². The van der Waals surface area contributed by atoms with Gasteiger partial charge in [-0.15, -0.1) is 0 Å². The third-order valence-electron chi connectivity index (χ3n) is 2.58. The van der Waals surface area contributed by atoms with Crippen LogP contribution in [-0.4, -0.2) is 25.7 Å². The molecular weight excluding hydrogens is 154 g/mol. The van der Waals surface area contributed by atoms with Gasteiger partial charge in [-0.25, -0.2) is 0 Å². The number of likely N-dealkylation sites (N-methyl/N-ethyl adjacent to an activating group) is 1. The lowest BCUT2D eigenvalue weighted by Crippen LogP contribution is -2.48. The first-order valence-electron chi connectivity index (χ1n) is 4.39. The number of esters is 1. The summed E-state index contributed by atoms with van der Waals surface area (Å²) in [6.07, 6.45) is 3.42. The Bertz CT molecular complexity index is 177. The number of rotatable bonds is 4. The van der Waals surface area contributed by atoms with Crippen LogP contribution in [0.25, 0.3) is 0 Å². The van der Waals surface area contributed by atoms with Gasteiger partial charge >= 0.3 is 5.97 Å². The first kappa shape index (κ1) is 9.52. The minimum absolute atomic E-state index is 0.156. The first-order chi connectivity index (χ1) is 5.62. The minimum Gasteiger partial charge on any atom is -0.468 e. The maximum absolute atomic E-state index is 11.3. The molecule has 0 aromatic rings. The van der Waals surface area contributed by atoms with Gasteiger partial charge in [0.25, 0.3) is 0 Å². The molecule has 0 spiro atoms. The molecule has 1 saturated carbocycles. The quantitative estimate of drug-likeness (QED) is 0.640. The predicted octanol–water partition coefficient (Wildman–Crippen LogP) is 0.938. The molecule has 0 aromatic carbocycles. The monoisotopic (exact) mass is 171 g/mol. The summed E-state index contributed by atoms with van der Waals surface area (Å²) in [6, 6.07) is 0. The van der Waals surface area contributed by atoms with Crippen LogP contribution in [0.15, 0.2) is 0 Å². The van der Waals surface area contributed by atoms with E-state index >= 15 is 0 Å². The largest absolute Gasteiger partial charge is 0.468 e. The summed E-state index contributed by atoms with van der Waals surface area (Å²) in [5, 5.41) is 3.03. The molecule has 0 bridgehead atoms. The molecule has 1 aliphatic carbocycles. The molecule has 1 N–H and O–H groups in total. The van der Waals surface area contributed by atoms with Gasteiger partial charge in [-0.1, -0.05) is 12.8 Å². The molecule has 0 saturated heterocycles. The van der Waals surface area contributed by atoms with Crippen LogP contribution < -0.4 is 5.32 Å². The molecule has 1 rings (SSSR count). The SMILES string of the molecule is CNC(C)(CC1CC1)C(=O)OC. The van der Waals surface area contributed by atoms with Gasteiger partial charge in [0.05, 0.1) is 7.11 Å². The molecule has 1 unspecified atom stereocenters. The van der Waals surface area contributed by atoms with Crippen LogP contribution in [0.4, 0.5) is 0 Å². The van der Waals surface area contributed by atoms with Crippen molar-refractivity contribution in [2.75, 3.05) is 14.2 Å². The highest BCUT2D eigenvalue weighted by Gasteiger charge is 2.38. The van der Waals surface area contributed by atoms with Crippen molar-refractivity contribution in [2.24, 2.45) is 5.92 Å². The predicted molar refractivity (Wildman–Crippen MR) is 46.8 cm³/mol. The topological polar surface area (TPSA) is 38.3 Å². The molecule has 1 atom stereocenters. The highest BCUT2D eigenvalue weighted by atomic mass is 16.5. The van der Waals surface area contributed by atoms with Gasteiger partial charge in [-0.3, -0.25) is 4.79 Å². The Morgan fingerprint density at radius 1 is 1.67 bits per heavy atom. The minimum atomic E-state index is -0.476. The number of hydrogen-bond acceptors (Lipinski definition) is 3. The standard InChI is InChI=1S/C9H17NO2/c1-9(10-2,8(11)12-3)6-7-4-5-7/h7,10H,4-6H2,1-3H3. The van der Waals surface area contributed by atoms with Crippen LogP contribution in [0.1, 0.15) is 26.2 Å². The number of hydrogen-bond donors (Lipinski definition) is 1. The zero-order chi connectivity index (χ0) is 9.19. The second-order valence-corrected chi connectivity index (χ2v) is 3.72. The van der Waals surface area contributed by atoms with E-state index in [4.69, 9.17) is 4.74 Å². The van der Waals surface area contributed by atoms with Crippen molar-refractivity contribution >= 4 is 5.97 Å². The van der Waals surface area contributed by atoms with Crippen molar-refractivity contribution < 1.29 is 9.53 Å². The molecule has 3 heteroatoms.